The Balaban J connectivity index is 3.19. The van der Waals surface area contributed by atoms with Gasteiger partial charge >= 0.3 is 5.97 Å². The molecule has 14 heavy (non-hydrogen) atoms. The number of carbonyl (C=O) groups is 1. The van der Waals surface area contributed by atoms with E-state index in [0.29, 0.717) is 6.61 Å². The maximum Gasteiger partial charge on any atom is 0.336 e. The molecule has 0 fully saturated rings. The highest BCUT2D eigenvalue weighted by atomic mass is 19.1. The van der Waals surface area contributed by atoms with Crippen molar-refractivity contribution in [2.45, 2.75) is 13.8 Å². The Hall–Kier alpha value is -1.58. The molecule has 0 amide bonds. The number of hydrogen-bond donors (Lipinski definition) is 1. The molecule has 0 aliphatic rings. The molecule has 0 saturated heterocycles. The molecular weight excluding hydrogens is 187 g/mol. The molecule has 1 rings (SSSR count). The predicted octanol–water partition coefficient (Wildman–Crippen LogP) is 2.23. The molecule has 0 atom stereocenters. The van der Waals surface area contributed by atoms with Crippen LogP contribution in [0, 0.1) is 12.7 Å². The zero-order valence-electron chi connectivity index (χ0n) is 8.00. The number of aromatic carboxylic acids is 1. The molecule has 4 heteroatoms. The zero-order chi connectivity index (χ0) is 10.7. The Labute approximate surface area is 81.1 Å². The molecule has 0 bridgehead atoms. The number of carboxylic acids is 1. The van der Waals surface area contributed by atoms with Crippen LogP contribution in [0.3, 0.4) is 0 Å². The first-order chi connectivity index (χ1) is 6.57. The molecule has 0 heterocycles. The Bertz CT molecular complexity index is 361. The Morgan fingerprint density at radius 1 is 1.57 bits per heavy atom. The van der Waals surface area contributed by atoms with Crippen LogP contribution in [0.15, 0.2) is 12.1 Å². The SMILES string of the molecule is CCOc1ccc(C(=O)O)c(C)c1F. The van der Waals surface area contributed by atoms with Crippen molar-refractivity contribution in [3.63, 3.8) is 0 Å². The molecule has 1 aromatic rings. The van der Waals surface area contributed by atoms with Gasteiger partial charge in [-0.05, 0) is 26.0 Å². The fourth-order valence-electron chi connectivity index (χ4n) is 1.16. The largest absolute Gasteiger partial charge is 0.491 e. The van der Waals surface area contributed by atoms with Crippen molar-refractivity contribution >= 4 is 5.97 Å². The molecule has 0 unspecified atom stereocenters. The topological polar surface area (TPSA) is 46.5 Å². The molecular formula is C10H11FO3. The summed E-state index contributed by atoms with van der Waals surface area (Å²) >= 11 is 0. The first-order valence-electron chi connectivity index (χ1n) is 4.23. The summed E-state index contributed by atoms with van der Waals surface area (Å²) in [5.41, 5.74) is 0.0643. The monoisotopic (exact) mass is 198 g/mol. The number of carboxylic acid groups (broad SMARTS) is 1. The molecule has 1 aromatic carbocycles. The van der Waals surface area contributed by atoms with E-state index in [1.54, 1.807) is 6.92 Å². The smallest absolute Gasteiger partial charge is 0.336 e. The Morgan fingerprint density at radius 3 is 2.71 bits per heavy atom. The Morgan fingerprint density at radius 2 is 2.21 bits per heavy atom. The van der Waals surface area contributed by atoms with E-state index >= 15 is 0 Å². The summed E-state index contributed by atoms with van der Waals surface area (Å²) in [5, 5.41) is 8.70. The van der Waals surface area contributed by atoms with E-state index < -0.39 is 11.8 Å². The molecule has 0 spiro atoms. The first kappa shape index (κ1) is 10.5. The number of rotatable bonds is 3. The average molecular weight is 198 g/mol. The van der Waals surface area contributed by atoms with Gasteiger partial charge < -0.3 is 9.84 Å². The number of hydrogen-bond acceptors (Lipinski definition) is 2. The van der Waals surface area contributed by atoms with Gasteiger partial charge in [0.2, 0.25) is 0 Å². The molecule has 0 aromatic heterocycles. The summed E-state index contributed by atoms with van der Waals surface area (Å²) in [4.78, 5) is 10.6. The third-order valence-electron chi connectivity index (χ3n) is 1.88. The lowest BCUT2D eigenvalue weighted by Crippen LogP contribution is -2.04. The van der Waals surface area contributed by atoms with Gasteiger partial charge in [-0.25, -0.2) is 9.18 Å². The molecule has 0 radical (unpaired) electrons. The van der Waals surface area contributed by atoms with Crippen LogP contribution in [0.5, 0.6) is 5.75 Å². The highest BCUT2D eigenvalue weighted by Gasteiger charge is 2.14. The summed E-state index contributed by atoms with van der Waals surface area (Å²) in [5.74, 6) is -1.65. The average Bonchev–Trinajstić information content (AvgIpc) is 2.13. The quantitative estimate of drug-likeness (QED) is 0.810. The normalized spacial score (nSPS) is 9.93. The molecule has 0 aliphatic carbocycles. The van der Waals surface area contributed by atoms with E-state index in [2.05, 4.69) is 0 Å². The molecule has 76 valence electrons. The highest BCUT2D eigenvalue weighted by molar-refractivity contribution is 5.89. The summed E-state index contributed by atoms with van der Waals surface area (Å²) in [7, 11) is 0. The minimum absolute atomic E-state index is 0.0362. The standard InChI is InChI=1S/C10H11FO3/c1-3-14-8-5-4-7(10(12)13)6(2)9(8)11/h4-5H,3H2,1-2H3,(H,12,13). The minimum Gasteiger partial charge on any atom is -0.491 e. The third-order valence-corrected chi connectivity index (χ3v) is 1.88. The fourth-order valence-corrected chi connectivity index (χ4v) is 1.16. The summed E-state index contributed by atoms with van der Waals surface area (Å²) in [6, 6.07) is 2.67. The Kier molecular flexibility index (Phi) is 3.06. The van der Waals surface area contributed by atoms with Crippen molar-refractivity contribution in [3.8, 4) is 5.75 Å². The second-order valence-electron chi connectivity index (χ2n) is 2.79. The molecule has 0 aliphatic heterocycles. The van der Waals surface area contributed by atoms with Gasteiger partial charge in [0.1, 0.15) is 0 Å². The number of halogens is 1. The number of ether oxygens (including phenoxy) is 1. The van der Waals surface area contributed by atoms with E-state index in [1.165, 1.54) is 19.1 Å². The van der Waals surface area contributed by atoms with Crippen molar-refractivity contribution < 1.29 is 19.0 Å². The highest BCUT2D eigenvalue weighted by Crippen LogP contribution is 2.23. The lowest BCUT2D eigenvalue weighted by molar-refractivity contribution is 0.0695. The summed E-state index contributed by atoms with van der Waals surface area (Å²) in [6.07, 6.45) is 0. The van der Waals surface area contributed by atoms with Gasteiger partial charge in [-0.3, -0.25) is 0 Å². The summed E-state index contributed by atoms with van der Waals surface area (Å²) in [6.45, 7) is 3.50. The van der Waals surface area contributed by atoms with Crippen LogP contribution in [-0.2, 0) is 0 Å². The fraction of sp³-hybridized carbons (Fsp3) is 0.300. The van der Waals surface area contributed by atoms with Gasteiger partial charge in [0.05, 0.1) is 12.2 Å². The van der Waals surface area contributed by atoms with Gasteiger partial charge in [0, 0.05) is 5.56 Å². The van der Waals surface area contributed by atoms with Crippen LogP contribution in [-0.4, -0.2) is 17.7 Å². The van der Waals surface area contributed by atoms with Gasteiger partial charge in [-0.2, -0.15) is 0 Å². The van der Waals surface area contributed by atoms with Gasteiger partial charge in [-0.1, -0.05) is 0 Å². The van der Waals surface area contributed by atoms with Crippen LogP contribution < -0.4 is 4.74 Å². The van der Waals surface area contributed by atoms with Crippen LogP contribution in [0.2, 0.25) is 0 Å². The van der Waals surface area contributed by atoms with Crippen LogP contribution in [0.4, 0.5) is 4.39 Å². The van der Waals surface area contributed by atoms with E-state index in [9.17, 15) is 9.18 Å². The van der Waals surface area contributed by atoms with Crippen LogP contribution in [0.25, 0.3) is 0 Å². The van der Waals surface area contributed by atoms with E-state index in [4.69, 9.17) is 9.84 Å². The zero-order valence-corrected chi connectivity index (χ0v) is 8.00. The summed E-state index contributed by atoms with van der Waals surface area (Å²) < 4.78 is 18.4. The number of benzene rings is 1. The lowest BCUT2D eigenvalue weighted by Gasteiger charge is -2.08. The van der Waals surface area contributed by atoms with Gasteiger partial charge in [0.15, 0.2) is 11.6 Å². The first-order valence-corrected chi connectivity index (χ1v) is 4.23. The third kappa shape index (κ3) is 1.84. The van der Waals surface area contributed by atoms with Crippen molar-refractivity contribution in [3.05, 3.63) is 29.1 Å². The molecule has 0 saturated carbocycles. The lowest BCUT2D eigenvalue weighted by atomic mass is 10.1. The molecule has 1 N–H and O–H groups in total. The van der Waals surface area contributed by atoms with E-state index in [-0.39, 0.29) is 16.9 Å². The van der Waals surface area contributed by atoms with Crippen molar-refractivity contribution in [2.75, 3.05) is 6.61 Å². The maximum atomic E-state index is 13.4. The second kappa shape index (κ2) is 4.09. The van der Waals surface area contributed by atoms with Crippen molar-refractivity contribution in [2.24, 2.45) is 0 Å². The minimum atomic E-state index is -1.13. The van der Waals surface area contributed by atoms with Crippen LogP contribution in [0.1, 0.15) is 22.8 Å². The molecule has 3 nitrogen and oxygen atoms in total. The van der Waals surface area contributed by atoms with Gasteiger partial charge in [0.25, 0.3) is 0 Å². The van der Waals surface area contributed by atoms with E-state index in [1.807, 2.05) is 0 Å². The second-order valence-corrected chi connectivity index (χ2v) is 2.79. The van der Waals surface area contributed by atoms with Crippen molar-refractivity contribution in [1.82, 2.24) is 0 Å². The van der Waals surface area contributed by atoms with Crippen LogP contribution >= 0.6 is 0 Å². The predicted molar refractivity (Wildman–Crippen MR) is 49.3 cm³/mol. The van der Waals surface area contributed by atoms with Gasteiger partial charge in [-0.15, -0.1) is 0 Å². The maximum absolute atomic E-state index is 13.4. The van der Waals surface area contributed by atoms with E-state index in [0.717, 1.165) is 0 Å². The van der Waals surface area contributed by atoms with Crippen molar-refractivity contribution in [1.29, 1.82) is 0 Å².